The zero-order chi connectivity index (χ0) is 10.9. The number of hydrogen-bond donors (Lipinski definition) is 0. The maximum atomic E-state index is 12.8. The van der Waals surface area contributed by atoms with Gasteiger partial charge in [0, 0.05) is 4.48 Å². The summed E-state index contributed by atoms with van der Waals surface area (Å²) >= 11 is 2.65. The third kappa shape index (κ3) is 1.17. The Hall–Kier alpha value is 0.220. The lowest BCUT2D eigenvalue weighted by Gasteiger charge is -2.53. The van der Waals surface area contributed by atoms with Crippen LogP contribution in [-0.2, 0) is 0 Å². The van der Waals surface area contributed by atoms with Crippen LogP contribution in [0.1, 0.15) is 19.3 Å². The molecular weight excluding hydrogens is 291 g/mol. The molecule has 0 radical (unpaired) electrons. The first-order chi connectivity index (χ1) is 5.95. The normalized spacial score (nSPS) is 41.9. The second-order valence-corrected chi connectivity index (χ2v) is 7.55. The van der Waals surface area contributed by atoms with Crippen molar-refractivity contribution in [2.45, 2.75) is 24.0 Å². The van der Waals surface area contributed by atoms with Crippen LogP contribution in [0.25, 0.3) is 0 Å². The molecule has 0 nitrogen and oxygen atoms in total. The van der Waals surface area contributed by atoms with Crippen LogP contribution in [0.4, 0.5) is 19.4 Å². The molecule has 2 aliphatic rings. The molecule has 1 saturated carbocycles. The summed E-state index contributed by atoms with van der Waals surface area (Å²) < 4.78 is 60.7. The van der Waals surface area contributed by atoms with Crippen LogP contribution in [0.5, 0.6) is 0 Å². The standard InChI is InChI=1S/C7H8BrF5S/c8-6-3-5-1-2-7(6,4-5)14(9,10,11,12)13/h3,5H,1-2,4H2. The van der Waals surface area contributed by atoms with Crippen LogP contribution in [-0.4, -0.2) is 4.75 Å². The van der Waals surface area contributed by atoms with Gasteiger partial charge in [0.2, 0.25) is 0 Å². The van der Waals surface area contributed by atoms with Gasteiger partial charge in [-0.2, -0.15) is 0 Å². The molecule has 0 heterocycles. The summed E-state index contributed by atoms with van der Waals surface area (Å²) in [6, 6.07) is 0. The summed E-state index contributed by atoms with van der Waals surface area (Å²) in [7, 11) is -9.42. The van der Waals surface area contributed by atoms with E-state index < -0.39 is 27.8 Å². The van der Waals surface area contributed by atoms with Crippen LogP contribution >= 0.6 is 26.2 Å². The van der Waals surface area contributed by atoms with Crippen molar-refractivity contribution >= 4 is 26.2 Å². The smallest absolute Gasteiger partial charge is 0.0969 e. The Balaban J connectivity index is 2.61. The van der Waals surface area contributed by atoms with Crippen molar-refractivity contribution in [3.8, 4) is 0 Å². The number of rotatable bonds is 1. The van der Waals surface area contributed by atoms with E-state index in [0.29, 0.717) is 0 Å². The molecule has 0 aromatic heterocycles. The Kier molecular flexibility index (Phi) is 1.55. The number of halogens is 6. The topological polar surface area (TPSA) is 0 Å². The van der Waals surface area contributed by atoms with Gasteiger partial charge in [0.1, 0.15) is 4.75 Å². The summed E-state index contributed by atoms with van der Waals surface area (Å²) in [6.45, 7) is 0. The van der Waals surface area contributed by atoms with E-state index in [1.807, 2.05) is 0 Å². The van der Waals surface area contributed by atoms with Gasteiger partial charge in [-0.3, -0.25) is 0 Å². The second kappa shape index (κ2) is 2.03. The number of hydrogen-bond acceptors (Lipinski definition) is 0. The van der Waals surface area contributed by atoms with Crippen molar-refractivity contribution in [1.82, 2.24) is 0 Å². The first-order valence-corrected chi connectivity index (χ1v) is 6.80. The van der Waals surface area contributed by atoms with Crippen molar-refractivity contribution in [3.05, 3.63) is 10.6 Å². The molecule has 0 saturated heterocycles. The van der Waals surface area contributed by atoms with Gasteiger partial charge in [-0.15, -0.1) is 0 Å². The van der Waals surface area contributed by atoms with Crippen molar-refractivity contribution in [3.63, 3.8) is 0 Å². The highest BCUT2D eigenvalue weighted by Crippen LogP contribution is 3.07. The third-order valence-electron chi connectivity index (χ3n) is 3.07. The lowest BCUT2D eigenvalue weighted by atomic mass is 10.1. The molecule has 0 N–H and O–H groups in total. The van der Waals surface area contributed by atoms with E-state index in [1.165, 1.54) is 6.08 Å². The summed E-state index contributed by atoms with van der Waals surface area (Å²) in [4.78, 5) is 0. The molecule has 0 aromatic rings. The Morgan fingerprint density at radius 1 is 1.29 bits per heavy atom. The predicted octanol–water partition coefficient (Wildman–Crippen LogP) is 5.12. The van der Waals surface area contributed by atoms with Crippen molar-refractivity contribution in [2.75, 3.05) is 0 Å². The Morgan fingerprint density at radius 2 is 1.86 bits per heavy atom. The van der Waals surface area contributed by atoms with E-state index in [1.54, 1.807) is 0 Å². The summed E-state index contributed by atoms with van der Waals surface area (Å²) in [6.07, 6.45) is 0.528. The molecule has 0 aromatic carbocycles. The van der Waals surface area contributed by atoms with Gasteiger partial charge in [0.05, 0.1) is 0 Å². The third-order valence-corrected chi connectivity index (χ3v) is 6.42. The summed E-state index contributed by atoms with van der Waals surface area (Å²) in [5.74, 6) is -0.340. The van der Waals surface area contributed by atoms with Crippen LogP contribution in [0.3, 0.4) is 0 Å². The maximum Gasteiger partial charge on any atom is 0.294 e. The second-order valence-electron chi connectivity index (χ2n) is 3.98. The van der Waals surface area contributed by atoms with E-state index in [0.717, 1.165) is 0 Å². The fourth-order valence-corrected chi connectivity index (χ4v) is 5.42. The van der Waals surface area contributed by atoms with Crippen molar-refractivity contribution < 1.29 is 19.4 Å². The minimum Gasteiger partial charge on any atom is -0.0969 e. The van der Waals surface area contributed by atoms with Gasteiger partial charge in [-0.05, 0) is 25.2 Å². The SMILES string of the molecule is FS(F)(F)(F)(F)C12CCC(C=C1Br)C2. The Bertz CT molecular complexity index is 330. The van der Waals surface area contributed by atoms with Gasteiger partial charge in [0.15, 0.2) is 0 Å². The van der Waals surface area contributed by atoms with E-state index in [-0.39, 0.29) is 16.8 Å². The summed E-state index contributed by atoms with van der Waals surface area (Å²) in [5.41, 5.74) is 0. The molecule has 2 unspecified atom stereocenters. The average Bonchev–Trinajstić information content (AvgIpc) is 2.37. The van der Waals surface area contributed by atoms with E-state index in [4.69, 9.17) is 0 Å². The molecule has 7 heteroatoms. The van der Waals surface area contributed by atoms with Crippen molar-refractivity contribution in [1.29, 1.82) is 0 Å². The number of allylic oxidation sites excluding steroid dienone is 1. The van der Waals surface area contributed by atoms with E-state index >= 15 is 0 Å². The largest absolute Gasteiger partial charge is 0.294 e. The molecule has 2 atom stereocenters. The van der Waals surface area contributed by atoms with Crippen molar-refractivity contribution in [2.24, 2.45) is 5.92 Å². The van der Waals surface area contributed by atoms with Gasteiger partial charge in [-0.25, -0.2) is 0 Å². The fraction of sp³-hybridized carbons (Fsp3) is 0.714. The van der Waals surface area contributed by atoms with Crippen LogP contribution in [0.2, 0.25) is 0 Å². The minimum absolute atomic E-state index is 0.209. The van der Waals surface area contributed by atoms with E-state index in [9.17, 15) is 19.4 Å². The molecule has 14 heavy (non-hydrogen) atoms. The highest BCUT2D eigenvalue weighted by atomic mass is 79.9. The lowest BCUT2D eigenvalue weighted by Crippen LogP contribution is -2.38. The zero-order valence-corrected chi connectivity index (χ0v) is 9.35. The summed E-state index contributed by atoms with van der Waals surface area (Å²) in [5, 5.41) is 0. The van der Waals surface area contributed by atoms with Crippen LogP contribution in [0, 0.1) is 5.92 Å². The fourth-order valence-electron chi connectivity index (χ4n) is 2.30. The van der Waals surface area contributed by atoms with Gasteiger partial charge >= 0.3 is 0 Å². The van der Waals surface area contributed by atoms with Gasteiger partial charge < -0.3 is 0 Å². The first kappa shape index (κ1) is 10.7. The molecule has 2 aliphatic carbocycles. The first-order valence-electron chi connectivity index (χ1n) is 4.06. The molecule has 0 amide bonds. The zero-order valence-electron chi connectivity index (χ0n) is 6.95. The Labute approximate surface area is 86.4 Å². The predicted molar refractivity (Wildman–Crippen MR) is 50.2 cm³/mol. The van der Waals surface area contributed by atoms with Crippen LogP contribution in [0.15, 0.2) is 10.6 Å². The quantitative estimate of drug-likeness (QED) is 0.590. The Morgan fingerprint density at radius 3 is 2.07 bits per heavy atom. The van der Waals surface area contributed by atoms with Gasteiger partial charge in [0.25, 0.3) is 10.2 Å². The average molecular weight is 299 g/mol. The molecule has 84 valence electrons. The molecule has 1 fully saturated rings. The highest BCUT2D eigenvalue weighted by Gasteiger charge is 2.82. The maximum absolute atomic E-state index is 12.8. The monoisotopic (exact) mass is 298 g/mol. The highest BCUT2D eigenvalue weighted by molar-refractivity contribution is 9.12. The van der Waals surface area contributed by atoms with E-state index in [2.05, 4.69) is 15.9 Å². The molecule has 0 spiro atoms. The van der Waals surface area contributed by atoms with Crippen LogP contribution < -0.4 is 0 Å². The molecular formula is C7H8BrF5S. The molecule has 2 rings (SSSR count). The minimum atomic E-state index is -9.42. The lowest BCUT2D eigenvalue weighted by molar-refractivity contribution is 0.317. The number of fused-ring (bicyclic) bond motifs is 2. The molecule has 2 bridgehead atoms. The van der Waals surface area contributed by atoms with Gasteiger partial charge in [-0.1, -0.05) is 41.4 Å². The molecule has 0 aliphatic heterocycles.